The van der Waals surface area contributed by atoms with Gasteiger partial charge in [-0.3, -0.25) is 4.18 Å². The number of pyridine rings is 1. The van der Waals surface area contributed by atoms with Crippen molar-refractivity contribution in [2.75, 3.05) is 7.11 Å². The molecule has 0 spiro atoms. The molecule has 6 heteroatoms. The lowest BCUT2D eigenvalue weighted by molar-refractivity contribution is 0.397. The SMILES string of the molecule is COS(=O)(=O)c1cccnc1Cl. The normalized spacial score (nSPS) is 11.5. The molecule has 0 bridgehead atoms. The minimum absolute atomic E-state index is 0.0839. The van der Waals surface area contributed by atoms with E-state index in [4.69, 9.17) is 11.6 Å². The van der Waals surface area contributed by atoms with E-state index in [1.807, 2.05) is 0 Å². The number of rotatable bonds is 2. The second-order valence-corrected chi connectivity index (χ2v) is 3.95. The number of halogens is 1. The highest BCUT2D eigenvalue weighted by Gasteiger charge is 2.16. The van der Waals surface area contributed by atoms with Gasteiger partial charge >= 0.3 is 0 Å². The van der Waals surface area contributed by atoms with Gasteiger partial charge in [-0.05, 0) is 12.1 Å². The smallest absolute Gasteiger partial charge is 0.270 e. The van der Waals surface area contributed by atoms with E-state index < -0.39 is 10.1 Å². The van der Waals surface area contributed by atoms with Crippen LogP contribution in [0, 0.1) is 0 Å². The van der Waals surface area contributed by atoms with Crippen LogP contribution in [-0.2, 0) is 14.3 Å². The van der Waals surface area contributed by atoms with E-state index in [0.29, 0.717) is 0 Å². The summed E-state index contributed by atoms with van der Waals surface area (Å²) < 4.78 is 26.4. The molecule has 0 unspecified atom stereocenters. The van der Waals surface area contributed by atoms with E-state index in [1.165, 1.54) is 18.3 Å². The van der Waals surface area contributed by atoms with E-state index in [1.54, 1.807) is 0 Å². The zero-order valence-electron chi connectivity index (χ0n) is 6.19. The minimum atomic E-state index is -3.72. The summed E-state index contributed by atoms with van der Waals surface area (Å²) in [6.07, 6.45) is 1.40. The average molecular weight is 208 g/mol. The molecule has 0 N–H and O–H groups in total. The first-order valence-electron chi connectivity index (χ1n) is 2.99. The lowest BCUT2D eigenvalue weighted by Crippen LogP contribution is -2.03. The van der Waals surface area contributed by atoms with Crippen LogP contribution < -0.4 is 0 Å². The van der Waals surface area contributed by atoms with Crippen LogP contribution in [-0.4, -0.2) is 20.5 Å². The molecule has 0 saturated carbocycles. The van der Waals surface area contributed by atoms with Gasteiger partial charge in [-0.1, -0.05) is 11.6 Å². The minimum Gasteiger partial charge on any atom is -0.270 e. The first-order valence-corrected chi connectivity index (χ1v) is 4.77. The van der Waals surface area contributed by atoms with Crippen molar-refractivity contribution in [3.8, 4) is 0 Å². The summed E-state index contributed by atoms with van der Waals surface area (Å²) in [4.78, 5) is 3.48. The zero-order chi connectivity index (χ0) is 9.19. The summed E-state index contributed by atoms with van der Waals surface area (Å²) in [5.74, 6) is 0. The second-order valence-electron chi connectivity index (χ2n) is 1.91. The van der Waals surface area contributed by atoms with Crippen molar-refractivity contribution in [2.24, 2.45) is 0 Å². The molecular weight excluding hydrogens is 202 g/mol. The van der Waals surface area contributed by atoms with E-state index in [9.17, 15) is 8.42 Å². The van der Waals surface area contributed by atoms with Crippen molar-refractivity contribution in [1.82, 2.24) is 4.98 Å². The zero-order valence-corrected chi connectivity index (χ0v) is 7.76. The van der Waals surface area contributed by atoms with Crippen molar-refractivity contribution in [3.05, 3.63) is 23.5 Å². The number of aromatic nitrogens is 1. The highest BCUT2D eigenvalue weighted by atomic mass is 35.5. The Balaban J connectivity index is 3.30. The fourth-order valence-electron chi connectivity index (χ4n) is 0.648. The van der Waals surface area contributed by atoms with Crippen LogP contribution in [0.5, 0.6) is 0 Å². The molecule has 12 heavy (non-hydrogen) atoms. The lowest BCUT2D eigenvalue weighted by atomic mass is 10.5. The van der Waals surface area contributed by atoms with Crippen molar-refractivity contribution in [3.63, 3.8) is 0 Å². The molecule has 0 aliphatic carbocycles. The molecule has 1 heterocycles. The van der Waals surface area contributed by atoms with Gasteiger partial charge in [0, 0.05) is 6.20 Å². The molecule has 0 aliphatic heterocycles. The van der Waals surface area contributed by atoms with E-state index in [-0.39, 0.29) is 10.0 Å². The first-order chi connectivity index (χ1) is 5.58. The Kier molecular flexibility index (Phi) is 2.66. The Hall–Kier alpha value is -0.650. The van der Waals surface area contributed by atoms with Gasteiger partial charge in [0.15, 0.2) is 0 Å². The number of hydrogen-bond acceptors (Lipinski definition) is 4. The second kappa shape index (κ2) is 3.38. The summed E-state index contributed by atoms with van der Waals surface area (Å²) >= 11 is 5.52. The molecule has 0 atom stereocenters. The highest BCUT2D eigenvalue weighted by Crippen LogP contribution is 2.18. The topological polar surface area (TPSA) is 56.3 Å². The van der Waals surface area contributed by atoms with Crippen LogP contribution in [0.4, 0.5) is 0 Å². The molecule has 0 radical (unpaired) electrons. The Bertz CT molecular complexity index is 376. The van der Waals surface area contributed by atoms with Gasteiger partial charge in [-0.2, -0.15) is 8.42 Å². The van der Waals surface area contributed by atoms with Crippen LogP contribution in [0.15, 0.2) is 23.2 Å². The fourth-order valence-corrected chi connectivity index (χ4v) is 1.73. The lowest BCUT2D eigenvalue weighted by Gasteiger charge is -2.00. The Morgan fingerprint density at radius 2 is 2.25 bits per heavy atom. The predicted molar refractivity (Wildman–Crippen MR) is 43.4 cm³/mol. The van der Waals surface area contributed by atoms with E-state index in [0.717, 1.165) is 7.11 Å². The quantitative estimate of drug-likeness (QED) is 0.538. The van der Waals surface area contributed by atoms with Crippen molar-refractivity contribution in [1.29, 1.82) is 0 Å². The van der Waals surface area contributed by atoms with Crippen LogP contribution >= 0.6 is 11.6 Å². The van der Waals surface area contributed by atoms with Gasteiger partial charge in [0.25, 0.3) is 10.1 Å². The standard InChI is InChI=1S/C6H6ClNO3S/c1-11-12(9,10)5-3-2-4-8-6(5)7/h2-4H,1H3. The van der Waals surface area contributed by atoms with Gasteiger partial charge in [0.05, 0.1) is 7.11 Å². The van der Waals surface area contributed by atoms with Crippen LogP contribution in [0.3, 0.4) is 0 Å². The fraction of sp³-hybridized carbons (Fsp3) is 0.167. The molecule has 0 saturated heterocycles. The summed E-state index contributed by atoms with van der Waals surface area (Å²) in [6.45, 7) is 0. The summed E-state index contributed by atoms with van der Waals surface area (Å²) in [7, 11) is -2.66. The molecule has 1 rings (SSSR count). The number of nitrogens with zero attached hydrogens (tertiary/aromatic N) is 1. The molecule has 0 fully saturated rings. The molecule has 1 aromatic heterocycles. The maximum atomic E-state index is 11.1. The van der Waals surface area contributed by atoms with Crippen LogP contribution in [0.25, 0.3) is 0 Å². The third kappa shape index (κ3) is 1.74. The average Bonchev–Trinajstić information content (AvgIpc) is 2.05. The maximum absolute atomic E-state index is 11.1. The van der Waals surface area contributed by atoms with Crippen molar-refractivity contribution in [2.45, 2.75) is 4.90 Å². The summed E-state index contributed by atoms with van der Waals surface area (Å²) in [5, 5.41) is -0.0839. The Morgan fingerprint density at radius 1 is 1.58 bits per heavy atom. The molecular formula is C6H6ClNO3S. The van der Waals surface area contributed by atoms with Gasteiger partial charge < -0.3 is 0 Å². The molecule has 0 aromatic carbocycles. The van der Waals surface area contributed by atoms with Crippen LogP contribution in [0.1, 0.15) is 0 Å². The predicted octanol–water partition coefficient (Wildman–Crippen LogP) is 1.07. The third-order valence-corrected chi connectivity index (χ3v) is 2.93. The molecule has 0 amide bonds. The Morgan fingerprint density at radius 3 is 2.75 bits per heavy atom. The van der Waals surface area contributed by atoms with Gasteiger partial charge in [-0.25, -0.2) is 4.98 Å². The third-order valence-electron chi connectivity index (χ3n) is 1.21. The number of hydrogen-bond donors (Lipinski definition) is 0. The first kappa shape index (κ1) is 9.44. The maximum Gasteiger partial charge on any atom is 0.299 e. The summed E-state index contributed by atoms with van der Waals surface area (Å²) in [5.41, 5.74) is 0. The van der Waals surface area contributed by atoms with E-state index in [2.05, 4.69) is 9.17 Å². The monoisotopic (exact) mass is 207 g/mol. The van der Waals surface area contributed by atoms with Gasteiger partial charge in [-0.15, -0.1) is 0 Å². The largest absolute Gasteiger partial charge is 0.299 e. The van der Waals surface area contributed by atoms with Crippen molar-refractivity contribution < 1.29 is 12.6 Å². The molecule has 1 aromatic rings. The van der Waals surface area contributed by atoms with Gasteiger partial charge in [0.2, 0.25) is 0 Å². The molecule has 66 valence electrons. The summed E-state index contributed by atoms with van der Waals surface area (Å²) in [6, 6.07) is 2.80. The van der Waals surface area contributed by atoms with Crippen molar-refractivity contribution >= 4 is 21.7 Å². The van der Waals surface area contributed by atoms with Gasteiger partial charge in [0.1, 0.15) is 10.0 Å². The highest BCUT2D eigenvalue weighted by molar-refractivity contribution is 7.86. The molecule has 0 aliphatic rings. The van der Waals surface area contributed by atoms with Crippen LogP contribution in [0.2, 0.25) is 5.15 Å². The Labute approximate surface area is 75.3 Å². The molecule has 4 nitrogen and oxygen atoms in total. The van der Waals surface area contributed by atoms with E-state index >= 15 is 0 Å².